The van der Waals surface area contributed by atoms with Crippen molar-refractivity contribution in [1.82, 2.24) is 5.32 Å². The largest absolute Gasteiger partial charge is 0.480 e. The van der Waals surface area contributed by atoms with Crippen LogP contribution in [-0.4, -0.2) is 55.7 Å². The number of hydrogen-bond donors (Lipinski definition) is 2. The lowest BCUT2D eigenvalue weighted by molar-refractivity contribution is -0.140. The summed E-state index contributed by atoms with van der Waals surface area (Å²) in [4.78, 5) is 21.5. The summed E-state index contributed by atoms with van der Waals surface area (Å²) in [6.45, 7) is 4.67. The number of hydrogen-bond acceptors (Lipinski definition) is 5. The second-order valence-electron chi connectivity index (χ2n) is 4.13. The Bertz CT molecular complexity index is 389. The Balaban J connectivity index is 4.42. The van der Waals surface area contributed by atoms with Crippen LogP contribution >= 0.6 is 0 Å². The van der Waals surface area contributed by atoms with Crippen LogP contribution in [0.15, 0.2) is 0 Å². The average molecular weight is 281 g/mol. The molecule has 0 saturated heterocycles. The van der Waals surface area contributed by atoms with Crippen LogP contribution in [0, 0.1) is 0 Å². The van der Waals surface area contributed by atoms with Gasteiger partial charge in [-0.25, -0.2) is 13.2 Å². The number of nitrogens with one attached hydrogen (secondary N) is 1. The van der Waals surface area contributed by atoms with Gasteiger partial charge in [0, 0.05) is 6.92 Å². The highest BCUT2D eigenvalue weighted by molar-refractivity contribution is 7.91. The Hall–Kier alpha value is -1.15. The normalized spacial score (nSPS) is 13.3. The van der Waals surface area contributed by atoms with Crippen molar-refractivity contribution in [3.63, 3.8) is 0 Å². The topological polar surface area (TPSA) is 110 Å². The quantitative estimate of drug-likeness (QED) is 0.615. The first-order valence-corrected chi connectivity index (χ1v) is 7.28. The van der Waals surface area contributed by atoms with Gasteiger partial charge in [0.25, 0.3) is 0 Å². The lowest BCUT2D eigenvalue weighted by Gasteiger charge is -2.14. The maximum absolute atomic E-state index is 11.6. The van der Waals surface area contributed by atoms with E-state index in [0.29, 0.717) is 0 Å². The molecular weight excluding hydrogens is 262 g/mol. The van der Waals surface area contributed by atoms with Crippen LogP contribution < -0.4 is 5.32 Å². The van der Waals surface area contributed by atoms with Gasteiger partial charge in [0.1, 0.15) is 6.04 Å². The van der Waals surface area contributed by atoms with Gasteiger partial charge in [0.2, 0.25) is 5.91 Å². The fraction of sp³-hybridized carbons (Fsp3) is 0.800. The van der Waals surface area contributed by atoms with E-state index >= 15 is 0 Å². The molecule has 2 N–H and O–H groups in total. The second-order valence-corrected chi connectivity index (χ2v) is 6.35. The Morgan fingerprint density at radius 1 is 1.33 bits per heavy atom. The predicted molar refractivity (Wildman–Crippen MR) is 65.0 cm³/mol. The second kappa shape index (κ2) is 7.32. The molecule has 1 atom stereocenters. The van der Waals surface area contributed by atoms with Crippen molar-refractivity contribution in [3.8, 4) is 0 Å². The molecule has 0 radical (unpaired) electrons. The minimum absolute atomic E-state index is 0.00636. The molecule has 0 aromatic rings. The Morgan fingerprint density at radius 3 is 2.28 bits per heavy atom. The lowest BCUT2D eigenvalue weighted by Crippen LogP contribution is -2.45. The third-order valence-electron chi connectivity index (χ3n) is 1.94. The predicted octanol–water partition coefficient (Wildman–Crippen LogP) is -0.584. The van der Waals surface area contributed by atoms with Crippen molar-refractivity contribution < 1.29 is 27.9 Å². The number of amides is 1. The average Bonchev–Trinajstić information content (AvgIpc) is 2.14. The third kappa shape index (κ3) is 8.02. The summed E-state index contributed by atoms with van der Waals surface area (Å²) in [5.41, 5.74) is 0. The van der Waals surface area contributed by atoms with Crippen molar-refractivity contribution >= 4 is 21.7 Å². The smallest absolute Gasteiger partial charge is 0.327 e. The molecule has 106 valence electrons. The van der Waals surface area contributed by atoms with Crippen molar-refractivity contribution in [3.05, 3.63) is 0 Å². The maximum atomic E-state index is 11.6. The molecule has 8 heteroatoms. The first-order chi connectivity index (χ1) is 8.14. The van der Waals surface area contributed by atoms with Gasteiger partial charge in [-0.3, -0.25) is 4.79 Å². The number of carboxylic acid groups (broad SMARTS) is 1. The van der Waals surface area contributed by atoms with Gasteiger partial charge in [-0.15, -0.1) is 0 Å². The molecule has 0 unspecified atom stereocenters. The summed E-state index contributed by atoms with van der Waals surface area (Å²) in [5, 5.41) is 10.9. The number of rotatable bonds is 8. The zero-order chi connectivity index (χ0) is 14.3. The summed E-state index contributed by atoms with van der Waals surface area (Å²) in [6, 6.07) is -1.42. The monoisotopic (exact) mass is 281 g/mol. The SMILES string of the molecule is CC(=O)N[C@@H](CS(=O)(=O)CCOC(C)C)C(=O)O. The molecule has 0 fully saturated rings. The molecule has 0 aromatic carbocycles. The zero-order valence-corrected chi connectivity index (χ0v) is 11.5. The Labute approximate surface area is 106 Å². The fourth-order valence-corrected chi connectivity index (χ4v) is 2.42. The van der Waals surface area contributed by atoms with Gasteiger partial charge in [0.15, 0.2) is 9.84 Å². The number of ether oxygens (including phenoxy) is 1. The molecule has 0 heterocycles. The van der Waals surface area contributed by atoms with Crippen LogP contribution in [0.5, 0.6) is 0 Å². The molecule has 0 saturated carbocycles. The molecule has 0 aliphatic carbocycles. The van der Waals surface area contributed by atoms with E-state index in [2.05, 4.69) is 5.32 Å². The number of carbonyl (C=O) groups excluding carboxylic acids is 1. The highest BCUT2D eigenvalue weighted by atomic mass is 32.2. The Kier molecular flexibility index (Phi) is 6.85. The maximum Gasteiger partial charge on any atom is 0.327 e. The van der Waals surface area contributed by atoms with E-state index in [0.717, 1.165) is 6.92 Å². The molecule has 1 amide bonds. The van der Waals surface area contributed by atoms with Gasteiger partial charge in [-0.05, 0) is 13.8 Å². The third-order valence-corrected chi connectivity index (χ3v) is 3.57. The molecule has 0 rings (SSSR count). The molecule has 18 heavy (non-hydrogen) atoms. The highest BCUT2D eigenvalue weighted by Gasteiger charge is 2.25. The van der Waals surface area contributed by atoms with Crippen molar-refractivity contribution in [2.24, 2.45) is 0 Å². The van der Waals surface area contributed by atoms with Crippen LogP contribution in [0.4, 0.5) is 0 Å². The molecule has 0 spiro atoms. The number of carbonyl (C=O) groups is 2. The molecule has 0 aromatic heterocycles. The van der Waals surface area contributed by atoms with E-state index in [-0.39, 0.29) is 18.5 Å². The van der Waals surface area contributed by atoms with Crippen LogP contribution in [0.3, 0.4) is 0 Å². The number of aliphatic carboxylic acids is 1. The van der Waals surface area contributed by atoms with Gasteiger partial charge in [-0.2, -0.15) is 0 Å². The van der Waals surface area contributed by atoms with Crippen LogP contribution in [-0.2, 0) is 24.2 Å². The van der Waals surface area contributed by atoms with E-state index in [1.165, 1.54) is 0 Å². The van der Waals surface area contributed by atoms with Crippen LogP contribution in [0.2, 0.25) is 0 Å². The highest BCUT2D eigenvalue weighted by Crippen LogP contribution is 1.98. The molecule has 7 nitrogen and oxygen atoms in total. The minimum Gasteiger partial charge on any atom is -0.480 e. The summed E-state index contributed by atoms with van der Waals surface area (Å²) < 4.78 is 28.3. The number of sulfone groups is 1. The summed E-state index contributed by atoms with van der Waals surface area (Å²) in [5.74, 6) is -2.87. The van der Waals surface area contributed by atoms with E-state index in [9.17, 15) is 18.0 Å². The molecule has 0 aliphatic rings. The lowest BCUT2D eigenvalue weighted by atomic mass is 10.3. The van der Waals surface area contributed by atoms with Gasteiger partial charge in [-0.1, -0.05) is 0 Å². The van der Waals surface area contributed by atoms with Gasteiger partial charge >= 0.3 is 5.97 Å². The summed E-state index contributed by atoms with van der Waals surface area (Å²) in [7, 11) is -3.59. The first-order valence-electron chi connectivity index (χ1n) is 5.46. The fourth-order valence-electron chi connectivity index (χ4n) is 1.17. The van der Waals surface area contributed by atoms with Crippen molar-refractivity contribution in [2.75, 3.05) is 18.1 Å². The molecule has 0 aliphatic heterocycles. The van der Waals surface area contributed by atoms with Crippen molar-refractivity contribution in [1.29, 1.82) is 0 Å². The van der Waals surface area contributed by atoms with E-state index in [1.807, 2.05) is 0 Å². The molecule has 0 bridgehead atoms. The summed E-state index contributed by atoms with van der Waals surface area (Å²) >= 11 is 0. The van der Waals surface area contributed by atoms with Crippen molar-refractivity contribution in [2.45, 2.75) is 32.9 Å². The Morgan fingerprint density at radius 2 is 1.89 bits per heavy atom. The van der Waals surface area contributed by atoms with E-state index in [1.54, 1.807) is 13.8 Å². The summed E-state index contributed by atoms with van der Waals surface area (Å²) in [6.07, 6.45) is -0.0918. The van der Waals surface area contributed by atoms with Crippen LogP contribution in [0.1, 0.15) is 20.8 Å². The van der Waals surface area contributed by atoms with E-state index < -0.39 is 33.5 Å². The molecular formula is C10H19NO6S. The number of carboxylic acids is 1. The van der Waals surface area contributed by atoms with Gasteiger partial charge in [0.05, 0.1) is 24.2 Å². The van der Waals surface area contributed by atoms with E-state index in [4.69, 9.17) is 9.84 Å². The van der Waals surface area contributed by atoms with Crippen LogP contribution in [0.25, 0.3) is 0 Å². The van der Waals surface area contributed by atoms with Gasteiger partial charge < -0.3 is 15.2 Å². The minimum atomic E-state index is -3.59. The first kappa shape index (κ1) is 16.9. The standard InChI is InChI=1S/C10H19NO6S/c1-7(2)17-4-5-18(15,16)6-9(10(13)14)11-8(3)12/h7,9H,4-6H2,1-3H3,(H,11,12)(H,13,14)/t9-/m0/s1. The zero-order valence-electron chi connectivity index (χ0n) is 10.7.